The zero-order chi connectivity index (χ0) is 17.8. The standard InChI is InChI=1S/C18H18F3NO2/c1-13-6-5-7-14(10-13)11-16(23)22-12-17(24,18(19,20)21)15-8-3-2-4-9-15/h2-10,24H,11-12H2,1H3,(H,22,23). The lowest BCUT2D eigenvalue weighted by molar-refractivity contribution is -0.264. The summed E-state index contributed by atoms with van der Waals surface area (Å²) < 4.78 is 40.0. The van der Waals surface area contributed by atoms with Crippen LogP contribution < -0.4 is 5.32 Å². The molecule has 0 aromatic heterocycles. The molecule has 2 N–H and O–H groups in total. The number of halogens is 3. The monoisotopic (exact) mass is 337 g/mol. The number of alkyl halides is 3. The van der Waals surface area contributed by atoms with Gasteiger partial charge in [0.15, 0.2) is 0 Å². The second-order valence-electron chi connectivity index (χ2n) is 5.67. The molecule has 2 aromatic rings. The Morgan fingerprint density at radius 3 is 2.33 bits per heavy atom. The summed E-state index contributed by atoms with van der Waals surface area (Å²) >= 11 is 0. The van der Waals surface area contributed by atoms with Crippen molar-refractivity contribution in [2.75, 3.05) is 6.54 Å². The van der Waals surface area contributed by atoms with Crippen molar-refractivity contribution in [3.63, 3.8) is 0 Å². The Morgan fingerprint density at radius 2 is 1.75 bits per heavy atom. The van der Waals surface area contributed by atoms with Crippen LogP contribution >= 0.6 is 0 Å². The first kappa shape index (κ1) is 18.0. The fraction of sp³-hybridized carbons (Fsp3) is 0.278. The molecule has 6 heteroatoms. The minimum Gasteiger partial charge on any atom is -0.375 e. The van der Waals surface area contributed by atoms with E-state index in [2.05, 4.69) is 5.32 Å². The Balaban J connectivity index is 2.10. The average Bonchev–Trinajstić information content (AvgIpc) is 2.52. The first-order valence-corrected chi connectivity index (χ1v) is 7.39. The van der Waals surface area contributed by atoms with E-state index in [9.17, 15) is 23.1 Å². The summed E-state index contributed by atoms with van der Waals surface area (Å²) in [4.78, 5) is 11.9. The highest BCUT2D eigenvalue weighted by Crippen LogP contribution is 2.38. The van der Waals surface area contributed by atoms with Crippen LogP contribution in [0.4, 0.5) is 13.2 Å². The van der Waals surface area contributed by atoms with E-state index < -0.39 is 24.2 Å². The quantitative estimate of drug-likeness (QED) is 0.881. The van der Waals surface area contributed by atoms with Gasteiger partial charge in [-0.1, -0.05) is 60.2 Å². The molecule has 1 unspecified atom stereocenters. The third-order valence-corrected chi connectivity index (χ3v) is 3.71. The Kier molecular flexibility index (Phi) is 5.29. The molecule has 0 aliphatic rings. The fourth-order valence-electron chi connectivity index (χ4n) is 2.38. The van der Waals surface area contributed by atoms with Gasteiger partial charge < -0.3 is 10.4 Å². The number of amides is 1. The zero-order valence-electron chi connectivity index (χ0n) is 13.1. The minimum absolute atomic E-state index is 0.0512. The van der Waals surface area contributed by atoms with Crippen LogP contribution in [-0.4, -0.2) is 23.7 Å². The van der Waals surface area contributed by atoms with Gasteiger partial charge >= 0.3 is 6.18 Å². The van der Waals surface area contributed by atoms with E-state index in [-0.39, 0.29) is 12.0 Å². The average molecular weight is 337 g/mol. The van der Waals surface area contributed by atoms with Gasteiger partial charge in [-0.2, -0.15) is 13.2 Å². The van der Waals surface area contributed by atoms with Crippen molar-refractivity contribution in [3.8, 4) is 0 Å². The van der Waals surface area contributed by atoms with E-state index in [1.54, 1.807) is 24.3 Å². The van der Waals surface area contributed by atoms with E-state index in [0.717, 1.165) is 5.56 Å². The van der Waals surface area contributed by atoms with E-state index in [0.29, 0.717) is 5.56 Å². The molecule has 0 saturated heterocycles. The maximum atomic E-state index is 13.3. The van der Waals surface area contributed by atoms with E-state index in [1.807, 2.05) is 13.0 Å². The Labute approximate surface area is 138 Å². The molecule has 3 nitrogen and oxygen atoms in total. The second-order valence-corrected chi connectivity index (χ2v) is 5.67. The molecule has 0 aliphatic carbocycles. The van der Waals surface area contributed by atoms with Crippen LogP contribution in [0.1, 0.15) is 16.7 Å². The third-order valence-electron chi connectivity index (χ3n) is 3.71. The molecule has 1 atom stereocenters. The van der Waals surface area contributed by atoms with Crippen molar-refractivity contribution >= 4 is 5.91 Å². The van der Waals surface area contributed by atoms with Crippen LogP contribution in [0.2, 0.25) is 0 Å². The lowest BCUT2D eigenvalue weighted by atomic mass is 9.93. The number of nitrogens with one attached hydrogen (secondary N) is 1. The smallest absolute Gasteiger partial charge is 0.375 e. The number of aliphatic hydroxyl groups is 1. The lowest BCUT2D eigenvalue weighted by Crippen LogP contribution is -2.51. The lowest BCUT2D eigenvalue weighted by Gasteiger charge is -2.31. The summed E-state index contributed by atoms with van der Waals surface area (Å²) in [6, 6.07) is 13.9. The van der Waals surface area contributed by atoms with Gasteiger partial charge in [0.05, 0.1) is 13.0 Å². The molecular weight excluding hydrogens is 319 g/mol. The third kappa shape index (κ3) is 4.14. The van der Waals surface area contributed by atoms with Gasteiger partial charge in [0.2, 0.25) is 11.5 Å². The van der Waals surface area contributed by atoms with Gasteiger partial charge in [0.1, 0.15) is 0 Å². The van der Waals surface area contributed by atoms with Crippen LogP contribution in [0.5, 0.6) is 0 Å². The van der Waals surface area contributed by atoms with Gasteiger partial charge in [-0.3, -0.25) is 4.79 Å². The molecule has 0 spiro atoms. The number of benzene rings is 2. The van der Waals surface area contributed by atoms with Crippen molar-refractivity contribution in [1.82, 2.24) is 5.32 Å². The highest BCUT2D eigenvalue weighted by Gasteiger charge is 2.55. The van der Waals surface area contributed by atoms with Gasteiger partial charge in [0.25, 0.3) is 0 Å². The highest BCUT2D eigenvalue weighted by molar-refractivity contribution is 5.78. The highest BCUT2D eigenvalue weighted by atomic mass is 19.4. The number of carbonyl (C=O) groups excluding carboxylic acids is 1. The zero-order valence-corrected chi connectivity index (χ0v) is 13.1. The Bertz CT molecular complexity index is 701. The van der Waals surface area contributed by atoms with Gasteiger partial charge in [0, 0.05) is 0 Å². The van der Waals surface area contributed by atoms with Crippen molar-refractivity contribution in [2.24, 2.45) is 0 Å². The summed E-state index contributed by atoms with van der Waals surface area (Å²) in [7, 11) is 0. The van der Waals surface area contributed by atoms with E-state index in [1.165, 1.54) is 24.3 Å². The van der Waals surface area contributed by atoms with Crippen LogP contribution in [0.3, 0.4) is 0 Å². The number of carbonyl (C=O) groups is 1. The van der Waals surface area contributed by atoms with Gasteiger partial charge in [-0.25, -0.2) is 0 Å². The molecule has 1 amide bonds. The maximum absolute atomic E-state index is 13.3. The summed E-state index contributed by atoms with van der Waals surface area (Å²) in [5.74, 6) is -0.584. The van der Waals surface area contributed by atoms with Crippen LogP contribution in [0.15, 0.2) is 54.6 Å². The molecule has 0 radical (unpaired) electrons. The number of aryl methyl sites for hydroxylation is 1. The number of rotatable bonds is 5. The normalized spacial score (nSPS) is 14.0. The molecule has 0 fully saturated rings. The molecule has 2 rings (SSSR count). The SMILES string of the molecule is Cc1cccc(CC(=O)NCC(O)(c2ccccc2)C(F)(F)F)c1. The van der Waals surface area contributed by atoms with Crippen molar-refractivity contribution in [2.45, 2.75) is 25.1 Å². The first-order valence-electron chi connectivity index (χ1n) is 7.39. The molecule has 0 heterocycles. The van der Waals surface area contributed by atoms with E-state index >= 15 is 0 Å². The van der Waals surface area contributed by atoms with Crippen LogP contribution in [0, 0.1) is 6.92 Å². The maximum Gasteiger partial charge on any atom is 0.423 e. The Hall–Kier alpha value is -2.34. The summed E-state index contributed by atoms with van der Waals surface area (Å²) in [5, 5.41) is 12.3. The molecule has 24 heavy (non-hydrogen) atoms. The molecule has 0 bridgehead atoms. The predicted octanol–water partition coefficient (Wildman–Crippen LogP) is 3.10. The summed E-state index contributed by atoms with van der Waals surface area (Å²) in [6.07, 6.45) is -4.96. The van der Waals surface area contributed by atoms with Gasteiger partial charge in [-0.15, -0.1) is 0 Å². The molecule has 0 aliphatic heterocycles. The topological polar surface area (TPSA) is 49.3 Å². The fourth-order valence-corrected chi connectivity index (χ4v) is 2.38. The summed E-state index contributed by atoms with van der Waals surface area (Å²) in [5.41, 5.74) is -1.79. The largest absolute Gasteiger partial charge is 0.423 e. The van der Waals surface area contributed by atoms with Crippen molar-refractivity contribution in [3.05, 3.63) is 71.3 Å². The molecular formula is C18H18F3NO2. The molecule has 2 aromatic carbocycles. The predicted molar refractivity (Wildman–Crippen MR) is 84.3 cm³/mol. The minimum atomic E-state index is -4.91. The van der Waals surface area contributed by atoms with E-state index in [4.69, 9.17) is 0 Å². The van der Waals surface area contributed by atoms with Crippen molar-refractivity contribution in [1.29, 1.82) is 0 Å². The Morgan fingerprint density at radius 1 is 1.08 bits per heavy atom. The molecule has 128 valence electrons. The van der Waals surface area contributed by atoms with Crippen LogP contribution in [0.25, 0.3) is 0 Å². The second kappa shape index (κ2) is 7.05. The summed E-state index contributed by atoms with van der Waals surface area (Å²) in [6.45, 7) is 0.921. The van der Waals surface area contributed by atoms with Crippen molar-refractivity contribution < 1.29 is 23.1 Å². The molecule has 0 saturated carbocycles. The first-order chi connectivity index (χ1) is 11.2. The number of hydrogen-bond acceptors (Lipinski definition) is 2. The van der Waals surface area contributed by atoms with Crippen LogP contribution in [-0.2, 0) is 16.8 Å². The number of hydrogen-bond donors (Lipinski definition) is 2. The van der Waals surface area contributed by atoms with Gasteiger partial charge in [-0.05, 0) is 18.1 Å².